The number of rotatable bonds is 4. The Balaban J connectivity index is 1.85. The normalized spacial score (nSPS) is 18.1. The number of carbonyl (C=O) groups is 2. The predicted octanol–water partition coefficient (Wildman–Crippen LogP) is 5.01. The van der Waals surface area contributed by atoms with E-state index in [1.807, 2.05) is 6.07 Å². The van der Waals surface area contributed by atoms with Gasteiger partial charge in [0.05, 0.1) is 11.6 Å². The number of nitrogens with zero attached hydrogens (tertiary/aromatic N) is 2. The van der Waals surface area contributed by atoms with Gasteiger partial charge in [0, 0.05) is 34.5 Å². The largest absolute Gasteiger partial charge is 0.507 e. The summed E-state index contributed by atoms with van der Waals surface area (Å²) in [6.07, 6.45) is 3.27. The summed E-state index contributed by atoms with van der Waals surface area (Å²) in [7, 11) is 0. The molecule has 1 fully saturated rings. The lowest BCUT2D eigenvalue weighted by molar-refractivity contribution is -0.140. The molecule has 3 aromatic rings. The topological polar surface area (TPSA) is 70.5 Å². The van der Waals surface area contributed by atoms with Gasteiger partial charge in [0.1, 0.15) is 5.76 Å². The van der Waals surface area contributed by atoms with Gasteiger partial charge in [-0.25, -0.2) is 0 Å². The van der Waals surface area contributed by atoms with Crippen LogP contribution in [0.3, 0.4) is 0 Å². The quantitative estimate of drug-likeness (QED) is 0.353. The highest BCUT2D eigenvalue weighted by Crippen LogP contribution is 2.40. The van der Waals surface area contributed by atoms with E-state index in [1.165, 1.54) is 4.90 Å². The Bertz CT molecular complexity index is 1130. The number of amides is 1. The molecule has 1 aliphatic rings. The fourth-order valence-electron chi connectivity index (χ4n) is 3.49. The van der Waals surface area contributed by atoms with Crippen LogP contribution in [0, 0.1) is 0 Å². The van der Waals surface area contributed by atoms with Crippen molar-refractivity contribution in [2.75, 3.05) is 0 Å². The van der Waals surface area contributed by atoms with Gasteiger partial charge in [0.2, 0.25) is 0 Å². The van der Waals surface area contributed by atoms with Crippen LogP contribution in [0.5, 0.6) is 0 Å². The third-order valence-electron chi connectivity index (χ3n) is 4.92. The van der Waals surface area contributed by atoms with Crippen molar-refractivity contribution >= 4 is 40.7 Å². The number of pyridine rings is 1. The Kier molecular flexibility index (Phi) is 5.57. The zero-order valence-corrected chi connectivity index (χ0v) is 17.1. The van der Waals surface area contributed by atoms with Crippen LogP contribution in [-0.2, 0) is 16.1 Å². The second-order valence-electron chi connectivity index (χ2n) is 6.85. The minimum atomic E-state index is -0.766. The highest BCUT2D eigenvalue weighted by Gasteiger charge is 2.46. The van der Waals surface area contributed by atoms with E-state index in [2.05, 4.69) is 4.98 Å². The molecule has 1 aliphatic heterocycles. The molecule has 0 spiro atoms. The van der Waals surface area contributed by atoms with Gasteiger partial charge >= 0.3 is 0 Å². The first-order valence-electron chi connectivity index (χ1n) is 9.14. The fraction of sp³-hybridized carbons (Fsp3) is 0.0870. The maximum absolute atomic E-state index is 13.0. The number of ketones is 1. The number of benzene rings is 2. The van der Waals surface area contributed by atoms with Gasteiger partial charge in [-0.1, -0.05) is 41.4 Å². The molecule has 2 heterocycles. The first-order chi connectivity index (χ1) is 14.5. The number of hydrogen-bond acceptors (Lipinski definition) is 4. The van der Waals surface area contributed by atoms with Gasteiger partial charge in [-0.3, -0.25) is 14.6 Å². The average molecular weight is 439 g/mol. The van der Waals surface area contributed by atoms with Crippen LogP contribution in [0.1, 0.15) is 22.7 Å². The molecule has 7 heteroatoms. The Morgan fingerprint density at radius 3 is 2.20 bits per heavy atom. The Morgan fingerprint density at radius 1 is 0.967 bits per heavy atom. The van der Waals surface area contributed by atoms with Gasteiger partial charge in [0.15, 0.2) is 0 Å². The van der Waals surface area contributed by atoms with Crippen LogP contribution in [0.15, 0.2) is 78.6 Å². The number of aliphatic hydroxyl groups is 1. The van der Waals surface area contributed by atoms with Crippen molar-refractivity contribution in [3.63, 3.8) is 0 Å². The third kappa shape index (κ3) is 3.82. The lowest BCUT2D eigenvalue weighted by Gasteiger charge is -2.25. The number of hydrogen-bond donors (Lipinski definition) is 1. The molecule has 1 saturated heterocycles. The van der Waals surface area contributed by atoms with Crippen molar-refractivity contribution < 1.29 is 14.7 Å². The highest BCUT2D eigenvalue weighted by atomic mass is 35.5. The van der Waals surface area contributed by atoms with E-state index in [0.717, 1.165) is 5.56 Å². The summed E-state index contributed by atoms with van der Waals surface area (Å²) in [5.74, 6) is -1.68. The van der Waals surface area contributed by atoms with Gasteiger partial charge in [-0.15, -0.1) is 0 Å². The first-order valence-corrected chi connectivity index (χ1v) is 9.90. The second-order valence-corrected chi connectivity index (χ2v) is 7.72. The monoisotopic (exact) mass is 438 g/mol. The van der Waals surface area contributed by atoms with Crippen LogP contribution < -0.4 is 0 Å². The van der Waals surface area contributed by atoms with Crippen molar-refractivity contribution in [1.29, 1.82) is 0 Å². The molecular weight excluding hydrogens is 423 g/mol. The number of likely N-dealkylation sites (tertiary alicyclic amines) is 1. The van der Waals surface area contributed by atoms with Gasteiger partial charge in [0.25, 0.3) is 11.7 Å². The maximum atomic E-state index is 13.0. The zero-order chi connectivity index (χ0) is 21.3. The van der Waals surface area contributed by atoms with E-state index in [0.29, 0.717) is 21.2 Å². The van der Waals surface area contributed by atoms with Crippen LogP contribution in [0.4, 0.5) is 0 Å². The van der Waals surface area contributed by atoms with E-state index >= 15 is 0 Å². The van der Waals surface area contributed by atoms with Crippen molar-refractivity contribution in [3.8, 4) is 0 Å². The summed E-state index contributed by atoms with van der Waals surface area (Å²) in [6, 6.07) is 16.1. The van der Waals surface area contributed by atoms with E-state index < -0.39 is 17.7 Å². The molecule has 1 aromatic heterocycles. The van der Waals surface area contributed by atoms with Crippen molar-refractivity contribution in [3.05, 3.63) is 105 Å². The molecule has 30 heavy (non-hydrogen) atoms. The number of aliphatic hydroxyl groups excluding tert-OH is 1. The Morgan fingerprint density at radius 2 is 1.60 bits per heavy atom. The lowest BCUT2D eigenvalue weighted by atomic mass is 9.95. The van der Waals surface area contributed by atoms with Gasteiger partial charge in [-0.05, 0) is 53.6 Å². The van der Waals surface area contributed by atoms with E-state index in [9.17, 15) is 14.7 Å². The zero-order valence-electron chi connectivity index (χ0n) is 15.6. The predicted molar refractivity (Wildman–Crippen MR) is 115 cm³/mol. The highest BCUT2D eigenvalue weighted by molar-refractivity contribution is 6.46. The fourth-order valence-corrected chi connectivity index (χ4v) is 3.74. The third-order valence-corrected chi connectivity index (χ3v) is 5.42. The molecule has 2 aromatic carbocycles. The second kappa shape index (κ2) is 8.30. The van der Waals surface area contributed by atoms with Crippen molar-refractivity contribution in [2.45, 2.75) is 12.6 Å². The van der Waals surface area contributed by atoms with Crippen LogP contribution >= 0.6 is 23.2 Å². The summed E-state index contributed by atoms with van der Waals surface area (Å²) in [5, 5.41) is 12.0. The lowest BCUT2D eigenvalue weighted by Crippen LogP contribution is -2.29. The Hall–Kier alpha value is -3.15. The number of carbonyl (C=O) groups excluding carboxylic acids is 2. The summed E-state index contributed by atoms with van der Waals surface area (Å²) in [5.41, 5.74) is 1.86. The van der Waals surface area contributed by atoms with Crippen LogP contribution in [0.2, 0.25) is 10.0 Å². The van der Waals surface area contributed by atoms with Gasteiger partial charge < -0.3 is 10.0 Å². The molecule has 5 nitrogen and oxygen atoms in total. The average Bonchev–Trinajstić information content (AvgIpc) is 3.00. The first kappa shape index (κ1) is 20.1. The van der Waals surface area contributed by atoms with E-state index in [1.54, 1.807) is 67.0 Å². The molecule has 1 amide bonds. The molecule has 4 rings (SSSR count). The standard InChI is InChI=1S/C23H16Cl2N2O3/c24-17-7-3-15(4-8-17)20-19(21(28)16-5-9-18(25)10-6-16)22(29)23(30)27(20)13-14-2-1-11-26-12-14/h1-12,20,28H,13H2/b21-19+/t20-/m0/s1. The van der Waals surface area contributed by atoms with Crippen molar-refractivity contribution in [2.24, 2.45) is 0 Å². The molecular formula is C23H16Cl2N2O3. The molecule has 0 saturated carbocycles. The smallest absolute Gasteiger partial charge is 0.295 e. The number of Topliss-reactive ketones (excluding diaryl/α,β-unsaturated/α-hetero) is 1. The van der Waals surface area contributed by atoms with Crippen molar-refractivity contribution in [1.82, 2.24) is 9.88 Å². The molecule has 150 valence electrons. The number of aromatic nitrogens is 1. The van der Waals surface area contributed by atoms with E-state index in [4.69, 9.17) is 23.2 Å². The molecule has 0 bridgehead atoms. The molecule has 0 aliphatic carbocycles. The Labute approximate surface area is 183 Å². The number of halogens is 2. The van der Waals surface area contributed by atoms with Crippen LogP contribution in [0.25, 0.3) is 5.76 Å². The van der Waals surface area contributed by atoms with E-state index in [-0.39, 0.29) is 17.9 Å². The van der Waals surface area contributed by atoms with Crippen LogP contribution in [-0.4, -0.2) is 26.7 Å². The summed E-state index contributed by atoms with van der Waals surface area (Å²) >= 11 is 12.0. The summed E-state index contributed by atoms with van der Waals surface area (Å²) in [4.78, 5) is 31.4. The maximum Gasteiger partial charge on any atom is 0.295 e. The molecule has 0 radical (unpaired) electrons. The summed E-state index contributed by atoms with van der Waals surface area (Å²) in [6.45, 7) is 0.170. The van der Waals surface area contributed by atoms with Gasteiger partial charge in [-0.2, -0.15) is 0 Å². The molecule has 0 unspecified atom stereocenters. The minimum Gasteiger partial charge on any atom is -0.507 e. The summed E-state index contributed by atoms with van der Waals surface area (Å²) < 4.78 is 0. The molecule has 1 atom stereocenters. The minimum absolute atomic E-state index is 0.0218. The molecule has 1 N–H and O–H groups in total. The SMILES string of the molecule is O=C1C(=O)N(Cc2cccnc2)[C@@H](c2ccc(Cl)cc2)/C1=C(\O)c1ccc(Cl)cc1.